The maximum absolute atomic E-state index is 12.1. The molecular formula is C12H6Cl2F3N3O. The summed E-state index contributed by atoms with van der Waals surface area (Å²) < 4.78 is 40.0. The molecule has 1 rings (SSSR count). The van der Waals surface area contributed by atoms with Crippen LogP contribution in [-0.4, -0.2) is 6.36 Å². The Kier molecular flexibility index (Phi) is 5.71. The predicted molar refractivity (Wildman–Crippen MR) is 70.7 cm³/mol. The van der Waals surface area contributed by atoms with Gasteiger partial charge < -0.3 is 10.1 Å². The lowest BCUT2D eigenvalue weighted by Gasteiger charge is -2.12. The maximum atomic E-state index is 12.1. The van der Waals surface area contributed by atoms with Crippen molar-refractivity contribution < 1.29 is 17.9 Å². The van der Waals surface area contributed by atoms with Crippen LogP contribution in [0.1, 0.15) is 6.42 Å². The summed E-state index contributed by atoms with van der Waals surface area (Å²) in [5, 5.41) is 19.5. The van der Waals surface area contributed by atoms with Crippen LogP contribution >= 0.6 is 23.2 Å². The Morgan fingerprint density at radius 3 is 2.29 bits per heavy atom. The van der Waals surface area contributed by atoms with Gasteiger partial charge in [0, 0.05) is 18.3 Å². The summed E-state index contributed by atoms with van der Waals surface area (Å²) >= 11 is 11.6. The molecule has 1 aromatic carbocycles. The van der Waals surface area contributed by atoms with Gasteiger partial charge in [-0.05, 0) is 0 Å². The van der Waals surface area contributed by atoms with Crippen LogP contribution in [0.2, 0.25) is 10.0 Å². The molecule has 0 heterocycles. The molecule has 110 valence electrons. The van der Waals surface area contributed by atoms with Crippen LogP contribution in [0.5, 0.6) is 5.75 Å². The Hall–Kier alpha value is -2.09. The van der Waals surface area contributed by atoms with E-state index >= 15 is 0 Å². The molecule has 1 N–H and O–H groups in total. The molecule has 1 aromatic rings. The summed E-state index contributed by atoms with van der Waals surface area (Å²) in [6.07, 6.45) is -3.79. The van der Waals surface area contributed by atoms with Crippen LogP contribution in [0.3, 0.4) is 0 Å². The Morgan fingerprint density at radius 2 is 1.86 bits per heavy atom. The molecule has 0 fully saturated rings. The fraction of sp³-hybridized carbons (Fsp3) is 0.167. The number of ether oxygens (including phenoxy) is 1. The lowest BCUT2D eigenvalue weighted by Crippen LogP contribution is -2.17. The maximum Gasteiger partial charge on any atom is 0.573 e. The number of anilines is 1. The molecule has 0 aliphatic heterocycles. The number of hydrogen-bond donors (Lipinski definition) is 1. The zero-order valence-corrected chi connectivity index (χ0v) is 11.6. The average molecular weight is 336 g/mol. The number of benzene rings is 1. The smallest absolute Gasteiger partial charge is 0.406 e. The number of halogens is 5. The molecule has 0 aliphatic rings. The van der Waals surface area contributed by atoms with Crippen molar-refractivity contribution in [2.75, 3.05) is 5.32 Å². The summed E-state index contributed by atoms with van der Waals surface area (Å²) in [4.78, 5) is 0. The van der Waals surface area contributed by atoms with Crippen molar-refractivity contribution in [2.24, 2.45) is 0 Å². The molecule has 0 saturated heterocycles. The summed E-state index contributed by atoms with van der Waals surface area (Å²) in [6.45, 7) is 0. The van der Waals surface area contributed by atoms with E-state index in [0.717, 1.165) is 12.1 Å². The first-order chi connectivity index (χ1) is 9.76. The van der Waals surface area contributed by atoms with E-state index in [4.69, 9.17) is 33.7 Å². The Morgan fingerprint density at radius 1 is 1.29 bits per heavy atom. The zero-order valence-electron chi connectivity index (χ0n) is 10.1. The number of nitrogens with zero attached hydrogens (tertiary/aromatic N) is 2. The first kappa shape index (κ1) is 17.0. The van der Waals surface area contributed by atoms with E-state index in [2.05, 4.69) is 10.1 Å². The number of alkyl halides is 3. The highest BCUT2D eigenvalue weighted by atomic mass is 35.5. The second kappa shape index (κ2) is 7.07. The molecule has 0 bridgehead atoms. The molecule has 0 amide bonds. The van der Waals surface area contributed by atoms with Gasteiger partial charge in [0.1, 0.15) is 5.75 Å². The van der Waals surface area contributed by atoms with Crippen molar-refractivity contribution >= 4 is 28.9 Å². The largest absolute Gasteiger partial charge is 0.573 e. The van der Waals surface area contributed by atoms with Gasteiger partial charge >= 0.3 is 6.36 Å². The van der Waals surface area contributed by atoms with Gasteiger partial charge in [0.2, 0.25) is 0 Å². The third-order valence-electron chi connectivity index (χ3n) is 2.05. The lowest BCUT2D eigenvalue weighted by molar-refractivity contribution is -0.274. The number of nitrogens with one attached hydrogen (secondary N) is 1. The number of allylic oxidation sites excluding steroid dienone is 1. The number of rotatable bonds is 4. The van der Waals surface area contributed by atoms with E-state index in [1.165, 1.54) is 6.20 Å². The second-order valence-corrected chi connectivity index (χ2v) is 4.38. The minimum Gasteiger partial charge on any atom is -0.406 e. The van der Waals surface area contributed by atoms with Crippen LogP contribution < -0.4 is 10.1 Å². The summed E-state index contributed by atoms with van der Waals surface area (Å²) in [6, 6.07) is 5.40. The van der Waals surface area contributed by atoms with E-state index < -0.39 is 12.1 Å². The van der Waals surface area contributed by atoms with Crippen LogP contribution in [0.15, 0.2) is 23.9 Å². The third kappa shape index (κ3) is 5.42. The summed E-state index contributed by atoms with van der Waals surface area (Å²) in [5.74, 6) is -0.565. The van der Waals surface area contributed by atoms with Crippen LogP contribution in [0, 0.1) is 22.7 Å². The van der Waals surface area contributed by atoms with Crippen molar-refractivity contribution in [1.82, 2.24) is 0 Å². The fourth-order valence-electron chi connectivity index (χ4n) is 1.25. The van der Waals surface area contributed by atoms with Gasteiger partial charge in [-0.15, -0.1) is 13.2 Å². The molecule has 9 heteroatoms. The van der Waals surface area contributed by atoms with Crippen molar-refractivity contribution in [1.29, 1.82) is 10.5 Å². The molecular weight excluding hydrogens is 330 g/mol. The minimum atomic E-state index is -4.86. The van der Waals surface area contributed by atoms with E-state index in [1.807, 2.05) is 0 Å². The molecule has 0 atom stereocenters. The van der Waals surface area contributed by atoms with Gasteiger partial charge in [-0.1, -0.05) is 23.2 Å². The molecule has 21 heavy (non-hydrogen) atoms. The highest BCUT2D eigenvalue weighted by Gasteiger charge is 2.31. The fourth-order valence-corrected chi connectivity index (χ4v) is 1.82. The second-order valence-electron chi connectivity index (χ2n) is 3.57. The summed E-state index contributed by atoms with van der Waals surface area (Å²) in [5.41, 5.74) is 0.207. The highest BCUT2D eigenvalue weighted by molar-refractivity contribution is 6.39. The van der Waals surface area contributed by atoms with Crippen molar-refractivity contribution in [3.05, 3.63) is 34.0 Å². The first-order valence-corrected chi connectivity index (χ1v) is 6.00. The molecule has 0 aliphatic carbocycles. The topological polar surface area (TPSA) is 68.8 Å². The van der Waals surface area contributed by atoms with Crippen LogP contribution in [-0.2, 0) is 0 Å². The molecule has 0 aromatic heterocycles. The normalized spacial score (nSPS) is 11.5. The standard InChI is InChI=1S/C12H6Cl2F3N3O/c13-9-3-8(21-12(15,16)17)4-10(14)11(9)20-6-7(5-19)1-2-18/h3-4,6,20H,1H2/b7-6+. The summed E-state index contributed by atoms with van der Waals surface area (Å²) in [7, 11) is 0. The van der Waals surface area contributed by atoms with Gasteiger partial charge in [-0.3, -0.25) is 0 Å². The van der Waals surface area contributed by atoms with Crippen molar-refractivity contribution in [2.45, 2.75) is 12.8 Å². The predicted octanol–water partition coefficient (Wildman–Crippen LogP) is 4.63. The Bertz CT molecular complexity index is 622. The Balaban J connectivity index is 3.01. The third-order valence-corrected chi connectivity index (χ3v) is 2.65. The molecule has 4 nitrogen and oxygen atoms in total. The van der Waals surface area contributed by atoms with Gasteiger partial charge in [-0.2, -0.15) is 10.5 Å². The molecule has 0 radical (unpaired) electrons. The molecule has 0 unspecified atom stereocenters. The Labute approximate surface area is 127 Å². The van der Waals surface area contributed by atoms with E-state index in [0.29, 0.717) is 0 Å². The average Bonchev–Trinajstić information content (AvgIpc) is 2.34. The zero-order chi connectivity index (χ0) is 16.0. The molecule has 0 saturated carbocycles. The highest BCUT2D eigenvalue weighted by Crippen LogP contribution is 2.36. The quantitative estimate of drug-likeness (QED) is 0.814. The molecule has 0 spiro atoms. The monoisotopic (exact) mass is 335 g/mol. The van der Waals surface area contributed by atoms with Crippen LogP contribution in [0.4, 0.5) is 18.9 Å². The van der Waals surface area contributed by atoms with Gasteiger partial charge in [-0.25, -0.2) is 0 Å². The van der Waals surface area contributed by atoms with Gasteiger partial charge in [0.05, 0.1) is 39.9 Å². The first-order valence-electron chi connectivity index (χ1n) is 5.24. The van der Waals surface area contributed by atoms with E-state index in [9.17, 15) is 13.2 Å². The van der Waals surface area contributed by atoms with E-state index in [1.54, 1.807) is 12.1 Å². The van der Waals surface area contributed by atoms with E-state index in [-0.39, 0.29) is 27.7 Å². The van der Waals surface area contributed by atoms with Crippen LogP contribution in [0.25, 0.3) is 0 Å². The van der Waals surface area contributed by atoms with Crippen molar-refractivity contribution in [3.63, 3.8) is 0 Å². The van der Waals surface area contributed by atoms with Gasteiger partial charge in [0.15, 0.2) is 0 Å². The van der Waals surface area contributed by atoms with Gasteiger partial charge in [0.25, 0.3) is 0 Å². The lowest BCUT2D eigenvalue weighted by atomic mass is 10.2. The SMILES string of the molecule is N#CC/C(C#N)=C\Nc1c(Cl)cc(OC(F)(F)F)cc1Cl. The number of hydrogen-bond acceptors (Lipinski definition) is 4. The van der Waals surface area contributed by atoms with Crippen molar-refractivity contribution in [3.8, 4) is 17.9 Å². The minimum absolute atomic E-state index is 0.0959. The number of nitriles is 2.